The maximum absolute atomic E-state index is 12.3. The largest absolute Gasteiger partial charge is 0.465 e. The van der Waals surface area contributed by atoms with Crippen LogP contribution in [0, 0.1) is 0 Å². The summed E-state index contributed by atoms with van der Waals surface area (Å²) in [6, 6.07) is 9.01. The first kappa shape index (κ1) is 17.7. The Morgan fingerprint density at radius 3 is 2.69 bits per heavy atom. The molecule has 0 radical (unpaired) electrons. The molecule has 0 unspecified atom stereocenters. The Morgan fingerprint density at radius 1 is 1.15 bits per heavy atom. The number of aromatic nitrogens is 1. The zero-order chi connectivity index (χ0) is 18.7. The first-order chi connectivity index (χ1) is 12.5. The van der Waals surface area contributed by atoms with Crippen molar-refractivity contribution in [2.45, 2.75) is 0 Å². The van der Waals surface area contributed by atoms with Gasteiger partial charge in [0.1, 0.15) is 4.88 Å². The number of aryl methyl sites for hydroxylation is 1. The summed E-state index contributed by atoms with van der Waals surface area (Å²) >= 11 is 1.15. The number of fused-ring (bicyclic) bond motifs is 1. The van der Waals surface area contributed by atoms with Gasteiger partial charge in [0.25, 0.3) is 5.91 Å². The van der Waals surface area contributed by atoms with Crippen LogP contribution in [0.2, 0.25) is 0 Å². The van der Waals surface area contributed by atoms with E-state index in [2.05, 4.69) is 10.1 Å². The minimum atomic E-state index is -0.588. The van der Waals surface area contributed by atoms with Crippen molar-refractivity contribution >= 4 is 45.8 Å². The average molecular weight is 372 g/mol. The molecule has 2 aromatic heterocycles. The summed E-state index contributed by atoms with van der Waals surface area (Å²) in [6.45, 7) is -0.460. The molecule has 134 valence electrons. The molecular weight excluding hydrogens is 356 g/mol. The molecule has 8 heteroatoms. The van der Waals surface area contributed by atoms with Crippen molar-refractivity contribution in [3.63, 3.8) is 0 Å². The van der Waals surface area contributed by atoms with Gasteiger partial charge in [-0.05, 0) is 17.5 Å². The van der Waals surface area contributed by atoms with Crippen LogP contribution in [-0.2, 0) is 21.3 Å². The minimum absolute atomic E-state index is 0.279. The van der Waals surface area contributed by atoms with Gasteiger partial charge in [0.2, 0.25) is 0 Å². The third kappa shape index (κ3) is 3.45. The van der Waals surface area contributed by atoms with Gasteiger partial charge in [-0.1, -0.05) is 18.2 Å². The predicted molar refractivity (Wildman–Crippen MR) is 97.5 cm³/mol. The molecule has 0 saturated heterocycles. The highest BCUT2D eigenvalue weighted by Gasteiger charge is 2.18. The van der Waals surface area contributed by atoms with E-state index in [1.54, 1.807) is 17.6 Å². The van der Waals surface area contributed by atoms with Crippen LogP contribution in [0.1, 0.15) is 20.0 Å². The van der Waals surface area contributed by atoms with Crippen molar-refractivity contribution in [1.82, 2.24) is 4.57 Å². The van der Waals surface area contributed by atoms with Gasteiger partial charge in [0, 0.05) is 24.1 Å². The standard InChI is InChI=1S/C18H16N2O5S/c1-20-9-12(11-5-3-4-6-14(11)20)17(22)25-10-15(21)19-13-7-8-26-16(13)18(23)24-2/h3-9H,10H2,1-2H3,(H,19,21). The van der Waals surface area contributed by atoms with Crippen LogP contribution in [0.15, 0.2) is 41.9 Å². The lowest BCUT2D eigenvalue weighted by molar-refractivity contribution is -0.119. The van der Waals surface area contributed by atoms with Crippen LogP contribution in [0.25, 0.3) is 10.9 Å². The lowest BCUT2D eigenvalue weighted by Crippen LogP contribution is -2.21. The molecule has 26 heavy (non-hydrogen) atoms. The number of thiophene rings is 1. The van der Waals surface area contributed by atoms with Crippen LogP contribution < -0.4 is 5.32 Å². The van der Waals surface area contributed by atoms with Crippen molar-refractivity contribution in [2.75, 3.05) is 19.0 Å². The molecule has 1 aromatic carbocycles. The Hall–Kier alpha value is -3.13. The maximum atomic E-state index is 12.3. The van der Waals surface area contributed by atoms with E-state index in [4.69, 9.17) is 4.74 Å². The summed E-state index contributed by atoms with van der Waals surface area (Å²) in [5.74, 6) is -1.67. The monoisotopic (exact) mass is 372 g/mol. The number of ether oxygens (including phenoxy) is 2. The predicted octanol–water partition coefficient (Wildman–Crippen LogP) is 2.82. The number of anilines is 1. The van der Waals surface area contributed by atoms with Gasteiger partial charge in [0.05, 0.1) is 18.4 Å². The fraction of sp³-hybridized carbons (Fsp3) is 0.167. The van der Waals surface area contributed by atoms with Crippen molar-refractivity contribution < 1.29 is 23.9 Å². The number of methoxy groups -OCH3 is 1. The van der Waals surface area contributed by atoms with Crippen LogP contribution in [0.4, 0.5) is 5.69 Å². The first-order valence-corrected chi connectivity index (χ1v) is 8.56. The molecule has 0 fully saturated rings. The number of esters is 2. The number of nitrogens with zero attached hydrogens (tertiary/aromatic N) is 1. The summed E-state index contributed by atoms with van der Waals surface area (Å²) < 4.78 is 11.6. The number of nitrogens with one attached hydrogen (secondary N) is 1. The Balaban J connectivity index is 1.65. The van der Waals surface area contributed by atoms with Gasteiger partial charge in [-0.15, -0.1) is 11.3 Å². The van der Waals surface area contributed by atoms with Crippen LogP contribution >= 0.6 is 11.3 Å². The Morgan fingerprint density at radius 2 is 1.92 bits per heavy atom. The molecule has 0 saturated carbocycles. The Labute approximate surface area is 153 Å². The molecular formula is C18H16N2O5S. The number of rotatable bonds is 5. The zero-order valence-electron chi connectivity index (χ0n) is 14.1. The topological polar surface area (TPSA) is 86.6 Å². The molecule has 3 aromatic rings. The maximum Gasteiger partial charge on any atom is 0.350 e. The number of carbonyl (C=O) groups excluding carboxylic acids is 3. The number of hydrogen-bond acceptors (Lipinski definition) is 6. The first-order valence-electron chi connectivity index (χ1n) is 7.68. The van der Waals surface area contributed by atoms with Crippen LogP contribution in [0.3, 0.4) is 0 Å². The van der Waals surface area contributed by atoms with Crippen LogP contribution in [0.5, 0.6) is 0 Å². The minimum Gasteiger partial charge on any atom is -0.465 e. The Kier molecular flexibility index (Phi) is 5.04. The molecule has 7 nitrogen and oxygen atoms in total. The number of para-hydroxylation sites is 1. The number of amides is 1. The smallest absolute Gasteiger partial charge is 0.350 e. The third-order valence-corrected chi connectivity index (χ3v) is 4.66. The van der Waals surface area contributed by atoms with Gasteiger partial charge < -0.3 is 19.4 Å². The zero-order valence-corrected chi connectivity index (χ0v) is 15.0. The second kappa shape index (κ2) is 7.40. The lowest BCUT2D eigenvalue weighted by Gasteiger charge is -2.06. The molecule has 0 aliphatic rings. The van der Waals surface area contributed by atoms with Gasteiger partial charge in [-0.25, -0.2) is 9.59 Å². The lowest BCUT2D eigenvalue weighted by atomic mass is 10.2. The second-order valence-corrected chi connectivity index (χ2v) is 6.37. The number of hydrogen-bond donors (Lipinski definition) is 1. The fourth-order valence-corrected chi connectivity index (χ4v) is 3.32. The second-order valence-electron chi connectivity index (χ2n) is 5.45. The van der Waals surface area contributed by atoms with E-state index in [-0.39, 0.29) is 4.88 Å². The molecule has 0 spiro atoms. The van der Waals surface area contributed by atoms with E-state index < -0.39 is 24.5 Å². The quantitative estimate of drug-likeness (QED) is 0.696. The van der Waals surface area contributed by atoms with Crippen molar-refractivity contribution in [3.8, 4) is 0 Å². The SMILES string of the molecule is COC(=O)c1sccc1NC(=O)COC(=O)c1cn(C)c2ccccc12. The van der Waals surface area contributed by atoms with Crippen molar-refractivity contribution in [1.29, 1.82) is 0 Å². The summed E-state index contributed by atoms with van der Waals surface area (Å²) in [5.41, 5.74) is 1.61. The van der Waals surface area contributed by atoms with E-state index >= 15 is 0 Å². The molecule has 3 rings (SSSR count). The van der Waals surface area contributed by atoms with E-state index in [1.807, 2.05) is 35.9 Å². The molecule has 1 amide bonds. The molecule has 0 bridgehead atoms. The summed E-state index contributed by atoms with van der Waals surface area (Å²) in [4.78, 5) is 36.2. The Bertz CT molecular complexity index is 989. The normalized spacial score (nSPS) is 10.5. The molecule has 2 heterocycles. The summed E-state index contributed by atoms with van der Waals surface area (Å²) in [7, 11) is 3.09. The van der Waals surface area contributed by atoms with Gasteiger partial charge in [0.15, 0.2) is 6.61 Å². The van der Waals surface area contributed by atoms with Crippen molar-refractivity contribution in [2.24, 2.45) is 7.05 Å². The van der Waals surface area contributed by atoms with E-state index in [1.165, 1.54) is 7.11 Å². The van der Waals surface area contributed by atoms with E-state index in [9.17, 15) is 14.4 Å². The van der Waals surface area contributed by atoms with Gasteiger partial charge in [-0.3, -0.25) is 4.79 Å². The van der Waals surface area contributed by atoms with Crippen molar-refractivity contribution in [3.05, 3.63) is 52.3 Å². The number of benzene rings is 1. The highest BCUT2D eigenvalue weighted by atomic mass is 32.1. The summed E-state index contributed by atoms with van der Waals surface area (Å²) in [5, 5.41) is 4.96. The van der Waals surface area contributed by atoms with E-state index in [0.717, 1.165) is 22.2 Å². The highest BCUT2D eigenvalue weighted by molar-refractivity contribution is 7.12. The van der Waals surface area contributed by atoms with Crippen LogP contribution in [-0.4, -0.2) is 36.1 Å². The van der Waals surface area contributed by atoms with Gasteiger partial charge >= 0.3 is 11.9 Å². The highest BCUT2D eigenvalue weighted by Crippen LogP contribution is 2.23. The van der Waals surface area contributed by atoms with Gasteiger partial charge in [-0.2, -0.15) is 0 Å². The third-order valence-electron chi connectivity index (χ3n) is 3.76. The molecule has 1 N–H and O–H groups in total. The summed E-state index contributed by atoms with van der Waals surface area (Å²) in [6.07, 6.45) is 1.67. The average Bonchev–Trinajstić information content (AvgIpc) is 3.24. The molecule has 0 atom stereocenters. The molecule has 0 aliphatic heterocycles. The fourth-order valence-electron chi connectivity index (χ4n) is 2.56. The number of carbonyl (C=O) groups is 3. The van der Waals surface area contributed by atoms with E-state index in [0.29, 0.717) is 11.3 Å². The molecule has 0 aliphatic carbocycles.